The van der Waals surface area contributed by atoms with Gasteiger partial charge in [0, 0.05) is 7.05 Å². The van der Waals surface area contributed by atoms with Crippen molar-refractivity contribution in [2.75, 3.05) is 11.9 Å². The summed E-state index contributed by atoms with van der Waals surface area (Å²) in [5.74, 6) is -0.262. The van der Waals surface area contributed by atoms with Gasteiger partial charge < -0.3 is 10.0 Å². The second kappa shape index (κ2) is 6.16. The molecule has 0 bridgehead atoms. The van der Waals surface area contributed by atoms with E-state index in [1.54, 1.807) is 0 Å². The highest BCUT2D eigenvalue weighted by Crippen LogP contribution is 2.44. The third kappa shape index (κ3) is 2.90. The lowest BCUT2D eigenvalue weighted by atomic mass is 10.1. The van der Waals surface area contributed by atoms with Crippen LogP contribution >= 0.6 is 0 Å². The van der Waals surface area contributed by atoms with Crippen LogP contribution in [0.3, 0.4) is 0 Å². The number of nitro groups is 3. The van der Waals surface area contributed by atoms with Crippen molar-refractivity contribution in [1.82, 2.24) is 0 Å². The number of phenols is 1. The van der Waals surface area contributed by atoms with Crippen LogP contribution in [0.25, 0.3) is 0 Å². The van der Waals surface area contributed by atoms with Gasteiger partial charge in [0.1, 0.15) is 5.75 Å². The first-order valence-electron chi connectivity index (χ1n) is 6.37. The van der Waals surface area contributed by atoms with Gasteiger partial charge in [0.25, 0.3) is 5.69 Å². The Kier molecular flexibility index (Phi) is 4.26. The average Bonchev–Trinajstić information content (AvgIpc) is 2.53. The first kappa shape index (κ1) is 16.6. The van der Waals surface area contributed by atoms with Crippen molar-refractivity contribution in [3.63, 3.8) is 0 Å². The van der Waals surface area contributed by atoms with E-state index >= 15 is 0 Å². The lowest BCUT2D eigenvalue weighted by Gasteiger charge is -2.20. The van der Waals surface area contributed by atoms with Gasteiger partial charge in [-0.15, -0.1) is 0 Å². The Labute approximate surface area is 133 Å². The fourth-order valence-corrected chi connectivity index (χ4v) is 2.19. The lowest BCUT2D eigenvalue weighted by Crippen LogP contribution is -2.14. The first-order valence-corrected chi connectivity index (χ1v) is 6.37. The maximum absolute atomic E-state index is 11.3. The second-order valence-electron chi connectivity index (χ2n) is 4.65. The summed E-state index contributed by atoms with van der Waals surface area (Å²) in [6.45, 7) is 0. The molecule has 0 aliphatic heterocycles. The molecule has 0 aliphatic rings. The monoisotopic (exact) mass is 334 g/mol. The molecule has 1 N–H and O–H groups in total. The minimum atomic E-state index is -0.955. The molecule has 0 atom stereocenters. The van der Waals surface area contributed by atoms with E-state index in [9.17, 15) is 35.4 Å². The molecule has 0 spiro atoms. The van der Waals surface area contributed by atoms with Crippen molar-refractivity contribution < 1.29 is 19.9 Å². The third-order valence-corrected chi connectivity index (χ3v) is 3.24. The predicted molar refractivity (Wildman–Crippen MR) is 82.6 cm³/mol. The molecule has 0 saturated heterocycles. The SMILES string of the molecule is CN(c1ccccc1O)c1c([N+](=O)[O-])cc([N+](=O)[O-])cc1[N+](=O)[O-]. The van der Waals surface area contributed by atoms with Gasteiger partial charge in [0.05, 0.1) is 32.6 Å². The van der Waals surface area contributed by atoms with Crippen LogP contribution in [-0.4, -0.2) is 26.9 Å². The van der Waals surface area contributed by atoms with E-state index in [1.807, 2.05) is 0 Å². The highest BCUT2D eigenvalue weighted by atomic mass is 16.6. The number of hydrogen-bond donors (Lipinski definition) is 1. The highest BCUT2D eigenvalue weighted by Gasteiger charge is 2.33. The molecule has 124 valence electrons. The topological polar surface area (TPSA) is 153 Å². The van der Waals surface area contributed by atoms with Crippen LogP contribution in [-0.2, 0) is 0 Å². The van der Waals surface area contributed by atoms with Crippen LogP contribution in [0.5, 0.6) is 5.75 Å². The summed E-state index contributed by atoms with van der Waals surface area (Å²) in [6.07, 6.45) is 0. The number of para-hydroxylation sites is 2. The number of non-ortho nitro benzene ring substituents is 1. The number of anilines is 2. The average molecular weight is 334 g/mol. The number of nitro benzene ring substituents is 3. The zero-order valence-corrected chi connectivity index (χ0v) is 12.1. The van der Waals surface area contributed by atoms with Crippen molar-refractivity contribution >= 4 is 28.4 Å². The van der Waals surface area contributed by atoms with E-state index in [2.05, 4.69) is 0 Å². The molecule has 11 nitrogen and oxygen atoms in total. The Morgan fingerprint density at radius 2 is 1.42 bits per heavy atom. The van der Waals surface area contributed by atoms with Gasteiger partial charge in [0.15, 0.2) is 5.69 Å². The molecule has 2 aromatic rings. The summed E-state index contributed by atoms with van der Waals surface area (Å²) in [7, 11) is 1.27. The maximum Gasteiger partial charge on any atom is 0.306 e. The maximum atomic E-state index is 11.3. The van der Waals surface area contributed by atoms with Crippen LogP contribution in [0, 0.1) is 30.3 Å². The summed E-state index contributed by atoms with van der Waals surface area (Å²) >= 11 is 0. The van der Waals surface area contributed by atoms with Crippen LogP contribution in [0.4, 0.5) is 28.4 Å². The minimum Gasteiger partial charge on any atom is -0.506 e. The Morgan fingerprint density at radius 1 is 0.917 bits per heavy atom. The van der Waals surface area contributed by atoms with E-state index in [0.29, 0.717) is 12.1 Å². The smallest absolute Gasteiger partial charge is 0.306 e. The molecule has 0 unspecified atom stereocenters. The summed E-state index contributed by atoms with van der Waals surface area (Å²) in [5, 5.41) is 43.2. The molecule has 0 saturated carbocycles. The van der Waals surface area contributed by atoms with Gasteiger partial charge in [-0.2, -0.15) is 0 Å². The molecule has 0 radical (unpaired) electrons. The summed E-state index contributed by atoms with van der Waals surface area (Å²) < 4.78 is 0. The second-order valence-corrected chi connectivity index (χ2v) is 4.65. The fourth-order valence-electron chi connectivity index (χ4n) is 2.19. The Hall–Kier alpha value is -3.76. The van der Waals surface area contributed by atoms with Crippen molar-refractivity contribution in [3.8, 4) is 5.75 Å². The fraction of sp³-hybridized carbons (Fsp3) is 0.0769. The first-order chi connectivity index (χ1) is 11.2. The molecule has 2 rings (SSSR count). The van der Waals surface area contributed by atoms with E-state index in [4.69, 9.17) is 0 Å². The van der Waals surface area contributed by atoms with Crippen LogP contribution in [0.2, 0.25) is 0 Å². The summed E-state index contributed by atoms with van der Waals surface area (Å²) in [6, 6.07) is 7.00. The lowest BCUT2D eigenvalue weighted by molar-refractivity contribution is -0.402. The largest absolute Gasteiger partial charge is 0.506 e. The zero-order chi connectivity index (χ0) is 18.0. The van der Waals surface area contributed by atoms with Crippen LogP contribution in [0.1, 0.15) is 0 Å². The summed E-state index contributed by atoms with van der Waals surface area (Å²) in [5.41, 5.74) is -2.82. The van der Waals surface area contributed by atoms with Crippen LogP contribution < -0.4 is 4.90 Å². The van der Waals surface area contributed by atoms with Gasteiger partial charge in [-0.05, 0) is 12.1 Å². The number of aromatic hydroxyl groups is 1. The molecule has 0 amide bonds. The van der Waals surface area contributed by atoms with Crippen molar-refractivity contribution in [1.29, 1.82) is 0 Å². The highest BCUT2D eigenvalue weighted by molar-refractivity contribution is 5.84. The normalized spacial score (nSPS) is 10.2. The molecule has 11 heteroatoms. The number of rotatable bonds is 5. The van der Waals surface area contributed by atoms with E-state index in [-0.39, 0.29) is 11.4 Å². The molecular formula is C13H10N4O7. The van der Waals surface area contributed by atoms with Gasteiger partial charge in [-0.3, -0.25) is 30.3 Å². The Bertz CT molecular complexity index is 817. The van der Waals surface area contributed by atoms with Crippen molar-refractivity contribution in [2.45, 2.75) is 0 Å². The number of hydrogen-bond acceptors (Lipinski definition) is 8. The van der Waals surface area contributed by atoms with Gasteiger partial charge in [-0.1, -0.05) is 12.1 Å². The Balaban J connectivity index is 2.80. The minimum absolute atomic E-state index is 0.0672. The van der Waals surface area contributed by atoms with E-state index < -0.39 is 37.5 Å². The molecular weight excluding hydrogens is 324 g/mol. The third-order valence-electron chi connectivity index (χ3n) is 3.24. The van der Waals surface area contributed by atoms with Gasteiger partial charge in [0.2, 0.25) is 0 Å². The summed E-state index contributed by atoms with van der Waals surface area (Å²) in [4.78, 5) is 31.6. The Morgan fingerprint density at radius 3 is 1.83 bits per heavy atom. The van der Waals surface area contributed by atoms with Crippen molar-refractivity contribution in [2.24, 2.45) is 0 Å². The molecule has 0 heterocycles. The molecule has 0 fully saturated rings. The van der Waals surface area contributed by atoms with E-state index in [0.717, 1.165) is 4.90 Å². The predicted octanol–water partition coefficient (Wildman–Crippen LogP) is 2.88. The number of benzene rings is 2. The zero-order valence-electron chi connectivity index (χ0n) is 12.1. The van der Waals surface area contributed by atoms with Gasteiger partial charge >= 0.3 is 11.4 Å². The van der Waals surface area contributed by atoms with Crippen molar-refractivity contribution in [3.05, 3.63) is 66.7 Å². The van der Waals surface area contributed by atoms with Gasteiger partial charge in [-0.25, -0.2) is 0 Å². The van der Waals surface area contributed by atoms with E-state index in [1.165, 1.54) is 31.3 Å². The molecule has 0 aromatic heterocycles. The van der Waals surface area contributed by atoms with Crippen LogP contribution in [0.15, 0.2) is 36.4 Å². The molecule has 0 aliphatic carbocycles. The molecule has 2 aromatic carbocycles. The molecule has 24 heavy (non-hydrogen) atoms. The number of phenolic OH excluding ortho intramolecular Hbond substituents is 1. The quantitative estimate of drug-likeness (QED) is 0.646. The standard InChI is InChI=1S/C13H10N4O7/c1-14(9-4-2-3-5-12(9)18)13-10(16(21)22)6-8(15(19)20)7-11(13)17(23)24/h2-7,18H,1H3. The number of nitrogens with zero attached hydrogens (tertiary/aromatic N) is 4.